The highest BCUT2D eigenvalue weighted by molar-refractivity contribution is 7.99. The first-order valence-corrected chi connectivity index (χ1v) is 9.92. The van der Waals surface area contributed by atoms with Gasteiger partial charge >= 0.3 is 0 Å². The van der Waals surface area contributed by atoms with Crippen LogP contribution in [0.3, 0.4) is 0 Å². The highest BCUT2D eigenvalue weighted by Crippen LogP contribution is 2.24. The minimum Gasteiger partial charge on any atom is -0.484 e. The van der Waals surface area contributed by atoms with Gasteiger partial charge in [0.05, 0.1) is 5.75 Å². The molecule has 3 rings (SSSR count). The molecule has 0 aliphatic carbocycles. The number of carbonyl (C=O) groups excluding carboxylic acids is 2. The number of aromatic nitrogens is 2. The summed E-state index contributed by atoms with van der Waals surface area (Å²) in [4.78, 5) is 23.6. The molecule has 1 heterocycles. The summed E-state index contributed by atoms with van der Waals surface area (Å²) < 4.78 is 10.8. The number of halogens is 2. The van der Waals surface area contributed by atoms with E-state index in [1.54, 1.807) is 48.5 Å². The number of thioether (sulfide) groups is 1. The summed E-state index contributed by atoms with van der Waals surface area (Å²) in [6.45, 7) is -0.261. The Morgan fingerprint density at radius 1 is 0.931 bits per heavy atom. The van der Waals surface area contributed by atoms with Crippen molar-refractivity contribution in [1.82, 2.24) is 21.0 Å². The van der Waals surface area contributed by atoms with Gasteiger partial charge in [0.25, 0.3) is 11.1 Å². The van der Waals surface area contributed by atoms with Crippen molar-refractivity contribution in [3.05, 3.63) is 58.6 Å². The Kier molecular flexibility index (Phi) is 7.34. The maximum absolute atomic E-state index is 11.8. The molecular weight excluding hydrogens is 439 g/mol. The molecule has 0 atom stereocenters. The van der Waals surface area contributed by atoms with E-state index >= 15 is 0 Å². The fourth-order valence-electron chi connectivity index (χ4n) is 2.00. The van der Waals surface area contributed by atoms with Gasteiger partial charge < -0.3 is 9.15 Å². The summed E-state index contributed by atoms with van der Waals surface area (Å²) in [6, 6.07) is 13.5. The molecule has 0 radical (unpaired) electrons. The number of rotatable bonds is 7. The van der Waals surface area contributed by atoms with E-state index in [0.717, 1.165) is 11.8 Å². The Labute approximate surface area is 179 Å². The average molecular weight is 453 g/mol. The molecule has 11 heteroatoms. The Morgan fingerprint density at radius 3 is 2.24 bits per heavy atom. The lowest BCUT2D eigenvalue weighted by Gasteiger charge is -2.08. The first-order valence-electron chi connectivity index (χ1n) is 8.18. The molecule has 0 bridgehead atoms. The second-order valence-electron chi connectivity index (χ2n) is 5.51. The number of nitrogens with zero attached hydrogens (tertiary/aromatic N) is 2. The van der Waals surface area contributed by atoms with Crippen LogP contribution in [0.2, 0.25) is 10.0 Å². The van der Waals surface area contributed by atoms with Crippen molar-refractivity contribution in [2.45, 2.75) is 5.22 Å². The molecule has 0 aliphatic rings. The van der Waals surface area contributed by atoms with Crippen LogP contribution in [0.25, 0.3) is 11.5 Å². The molecule has 0 saturated heterocycles. The van der Waals surface area contributed by atoms with Crippen LogP contribution in [0.1, 0.15) is 0 Å². The van der Waals surface area contributed by atoms with Crippen molar-refractivity contribution < 1.29 is 18.7 Å². The van der Waals surface area contributed by atoms with Crippen LogP contribution in [-0.2, 0) is 9.59 Å². The van der Waals surface area contributed by atoms with E-state index in [2.05, 4.69) is 21.0 Å². The van der Waals surface area contributed by atoms with E-state index in [1.165, 1.54) is 0 Å². The monoisotopic (exact) mass is 452 g/mol. The standard InChI is InChI=1S/C18H14Cl2N4O4S/c19-12-3-1-11(2-4-12)17-23-24-18(28-17)29-10-16(26)22-21-15(25)9-27-14-7-5-13(20)6-8-14/h1-8H,9-10H2,(H,21,25)(H,22,26). The van der Waals surface area contributed by atoms with E-state index in [1.807, 2.05) is 0 Å². The summed E-state index contributed by atoms with van der Waals surface area (Å²) in [5.74, 6) is -0.181. The van der Waals surface area contributed by atoms with Gasteiger partial charge in [-0.15, -0.1) is 10.2 Å². The summed E-state index contributed by atoms with van der Waals surface area (Å²) in [5, 5.41) is 9.17. The summed E-state index contributed by atoms with van der Waals surface area (Å²) in [6.07, 6.45) is 0. The van der Waals surface area contributed by atoms with E-state index in [-0.39, 0.29) is 17.6 Å². The van der Waals surface area contributed by atoms with Crippen molar-refractivity contribution >= 4 is 46.8 Å². The fraction of sp³-hybridized carbons (Fsp3) is 0.111. The van der Waals surface area contributed by atoms with Crippen molar-refractivity contribution in [2.75, 3.05) is 12.4 Å². The average Bonchev–Trinajstić information content (AvgIpc) is 3.20. The number of hydrogen-bond donors (Lipinski definition) is 2. The Balaban J connectivity index is 1.38. The molecule has 150 valence electrons. The third kappa shape index (κ3) is 6.67. The predicted octanol–water partition coefficient (Wildman–Crippen LogP) is 3.36. The van der Waals surface area contributed by atoms with Crippen LogP contribution >= 0.6 is 35.0 Å². The molecular formula is C18H14Cl2N4O4S. The van der Waals surface area contributed by atoms with Crippen LogP contribution < -0.4 is 15.6 Å². The zero-order chi connectivity index (χ0) is 20.6. The molecule has 1 aromatic heterocycles. The normalized spacial score (nSPS) is 10.4. The summed E-state index contributed by atoms with van der Waals surface area (Å²) in [7, 11) is 0. The van der Waals surface area contributed by atoms with Gasteiger partial charge in [-0.05, 0) is 48.5 Å². The quantitative estimate of drug-likeness (QED) is 0.417. The van der Waals surface area contributed by atoms with E-state index in [4.69, 9.17) is 32.4 Å². The number of amides is 2. The van der Waals surface area contributed by atoms with Gasteiger partial charge in [0, 0.05) is 15.6 Å². The number of nitrogens with one attached hydrogen (secondary N) is 2. The van der Waals surface area contributed by atoms with E-state index < -0.39 is 11.8 Å². The smallest absolute Gasteiger partial charge is 0.277 e. The molecule has 0 spiro atoms. The van der Waals surface area contributed by atoms with Gasteiger partial charge in [-0.3, -0.25) is 20.4 Å². The zero-order valence-corrected chi connectivity index (χ0v) is 17.1. The summed E-state index contributed by atoms with van der Waals surface area (Å²) in [5.41, 5.74) is 5.25. The third-order valence-corrected chi connectivity index (χ3v) is 4.67. The molecule has 0 saturated carbocycles. The van der Waals surface area contributed by atoms with Crippen molar-refractivity contribution in [3.8, 4) is 17.2 Å². The molecule has 8 nitrogen and oxygen atoms in total. The van der Waals surface area contributed by atoms with Gasteiger partial charge in [0.15, 0.2) is 6.61 Å². The summed E-state index contributed by atoms with van der Waals surface area (Å²) >= 11 is 12.6. The second kappa shape index (κ2) is 10.1. The minimum absolute atomic E-state index is 0.0272. The van der Waals surface area contributed by atoms with E-state index in [0.29, 0.717) is 27.2 Å². The molecule has 0 fully saturated rings. The largest absolute Gasteiger partial charge is 0.484 e. The Bertz CT molecular complexity index is 980. The Morgan fingerprint density at radius 2 is 1.55 bits per heavy atom. The fourth-order valence-corrected chi connectivity index (χ4v) is 2.81. The van der Waals surface area contributed by atoms with Gasteiger partial charge in [-0.25, -0.2) is 0 Å². The van der Waals surface area contributed by atoms with Gasteiger partial charge in [0.1, 0.15) is 5.75 Å². The zero-order valence-electron chi connectivity index (χ0n) is 14.7. The molecule has 0 unspecified atom stereocenters. The lowest BCUT2D eigenvalue weighted by Crippen LogP contribution is -2.44. The number of hydrogen-bond acceptors (Lipinski definition) is 7. The lowest BCUT2D eigenvalue weighted by molar-refractivity contribution is -0.128. The highest BCUT2D eigenvalue weighted by atomic mass is 35.5. The Hall–Kier alpha value is -2.75. The number of carbonyl (C=O) groups is 2. The number of hydrazine groups is 1. The van der Waals surface area contributed by atoms with E-state index in [9.17, 15) is 9.59 Å². The predicted molar refractivity (Wildman–Crippen MR) is 109 cm³/mol. The lowest BCUT2D eigenvalue weighted by atomic mass is 10.2. The number of benzene rings is 2. The van der Waals surface area contributed by atoms with Crippen LogP contribution in [0, 0.1) is 0 Å². The second-order valence-corrected chi connectivity index (χ2v) is 7.31. The topological polar surface area (TPSA) is 106 Å². The first kappa shape index (κ1) is 21.0. The van der Waals surface area contributed by atoms with Crippen molar-refractivity contribution in [3.63, 3.8) is 0 Å². The van der Waals surface area contributed by atoms with Crippen LogP contribution in [-0.4, -0.2) is 34.4 Å². The molecule has 29 heavy (non-hydrogen) atoms. The molecule has 2 aromatic carbocycles. The maximum atomic E-state index is 11.8. The van der Waals surface area contributed by atoms with Gasteiger partial charge in [0.2, 0.25) is 11.8 Å². The molecule has 3 aromatic rings. The van der Waals surface area contributed by atoms with Crippen molar-refractivity contribution in [2.24, 2.45) is 0 Å². The molecule has 2 N–H and O–H groups in total. The van der Waals surface area contributed by atoms with Crippen molar-refractivity contribution in [1.29, 1.82) is 0 Å². The SMILES string of the molecule is O=C(COc1ccc(Cl)cc1)NNC(=O)CSc1nnc(-c2ccc(Cl)cc2)o1. The van der Waals surface area contributed by atoms with Crippen LogP contribution in [0.5, 0.6) is 5.75 Å². The molecule has 2 amide bonds. The van der Waals surface area contributed by atoms with Gasteiger partial charge in [-0.1, -0.05) is 35.0 Å². The van der Waals surface area contributed by atoms with Gasteiger partial charge in [-0.2, -0.15) is 0 Å². The van der Waals surface area contributed by atoms with Crippen LogP contribution in [0.15, 0.2) is 58.2 Å². The minimum atomic E-state index is -0.513. The number of ether oxygens (including phenoxy) is 1. The van der Waals surface area contributed by atoms with Crippen LogP contribution in [0.4, 0.5) is 0 Å². The highest BCUT2D eigenvalue weighted by Gasteiger charge is 2.12. The first-order chi connectivity index (χ1) is 14.0. The molecule has 0 aliphatic heterocycles. The maximum Gasteiger partial charge on any atom is 0.277 e. The third-order valence-electron chi connectivity index (χ3n) is 3.35.